The average molecular weight is 416 g/mol. The first-order valence-corrected chi connectivity index (χ1v) is 9.89. The molecule has 1 heterocycles. The molecule has 0 fully saturated rings. The maximum absolute atomic E-state index is 12.0. The van der Waals surface area contributed by atoms with Crippen molar-refractivity contribution < 1.29 is 9.53 Å². The molecular weight excluding hydrogens is 398 g/mol. The summed E-state index contributed by atoms with van der Waals surface area (Å²) in [4.78, 5) is 12.0. The number of amides is 1. The average Bonchev–Trinajstić information content (AvgIpc) is 2.98. The molecule has 5 nitrogen and oxygen atoms in total. The Morgan fingerprint density at radius 2 is 2.22 bits per heavy atom. The number of halogens is 1. The largest absolute Gasteiger partial charge is 0.483 e. The van der Waals surface area contributed by atoms with E-state index in [1.54, 1.807) is 11.8 Å². The van der Waals surface area contributed by atoms with Crippen molar-refractivity contribution in [1.29, 1.82) is 0 Å². The van der Waals surface area contributed by atoms with E-state index in [0.29, 0.717) is 5.13 Å². The first-order chi connectivity index (χ1) is 11.1. The van der Waals surface area contributed by atoms with Crippen LogP contribution in [0.25, 0.3) is 0 Å². The molecule has 0 saturated carbocycles. The van der Waals surface area contributed by atoms with Crippen molar-refractivity contribution in [2.24, 2.45) is 0 Å². The van der Waals surface area contributed by atoms with Crippen molar-refractivity contribution in [1.82, 2.24) is 10.2 Å². The van der Waals surface area contributed by atoms with E-state index >= 15 is 0 Å². The molecule has 0 unspecified atom stereocenters. The molecule has 1 N–H and O–H groups in total. The quantitative estimate of drug-likeness (QED) is 0.511. The normalized spacial score (nSPS) is 10.6. The van der Waals surface area contributed by atoms with E-state index in [1.807, 2.05) is 25.1 Å². The van der Waals surface area contributed by atoms with Crippen molar-refractivity contribution in [3.05, 3.63) is 28.2 Å². The van der Waals surface area contributed by atoms with E-state index in [0.717, 1.165) is 38.7 Å². The Kier molecular flexibility index (Phi) is 7.32. The number of rotatable bonds is 8. The van der Waals surface area contributed by atoms with Crippen LogP contribution in [0.1, 0.15) is 25.8 Å². The lowest BCUT2D eigenvalue weighted by Gasteiger charge is -2.10. The highest BCUT2D eigenvalue weighted by molar-refractivity contribution is 9.10. The van der Waals surface area contributed by atoms with E-state index in [9.17, 15) is 4.79 Å². The third kappa shape index (κ3) is 5.78. The summed E-state index contributed by atoms with van der Waals surface area (Å²) >= 11 is 6.45. The summed E-state index contributed by atoms with van der Waals surface area (Å²) in [7, 11) is 0. The molecule has 1 amide bonds. The first-order valence-electron chi connectivity index (χ1n) is 7.29. The van der Waals surface area contributed by atoms with Gasteiger partial charge in [0.25, 0.3) is 5.91 Å². The number of aromatic nitrogens is 2. The Labute approximate surface area is 152 Å². The van der Waals surface area contributed by atoms with Gasteiger partial charge in [0.15, 0.2) is 10.9 Å². The molecular formula is C15H18BrN3O2S2. The lowest BCUT2D eigenvalue weighted by Crippen LogP contribution is -2.20. The summed E-state index contributed by atoms with van der Waals surface area (Å²) in [5.74, 6) is 1.48. The predicted octanol–water partition coefficient (Wildman–Crippen LogP) is 4.38. The van der Waals surface area contributed by atoms with E-state index in [1.165, 1.54) is 11.3 Å². The minimum atomic E-state index is -0.238. The van der Waals surface area contributed by atoms with Crippen LogP contribution in [0.15, 0.2) is 27.0 Å². The van der Waals surface area contributed by atoms with Gasteiger partial charge in [-0.2, -0.15) is 0 Å². The molecule has 0 bridgehead atoms. The Morgan fingerprint density at radius 1 is 1.39 bits per heavy atom. The van der Waals surface area contributed by atoms with E-state index < -0.39 is 0 Å². The van der Waals surface area contributed by atoms with Gasteiger partial charge in [-0.1, -0.05) is 52.9 Å². The van der Waals surface area contributed by atoms with Crippen LogP contribution in [0.5, 0.6) is 5.75 Å². The number of benzene rings is 1. The summed E-state index contributed by atoms with van der Waals surface area (Å²) in [6.45, 7) is 4.11. The van der Waals surface area contributed by atoms with Gasteiger partial charge in [0.1, 0.15) is 5.75 Å². The molecule has 2 rings (SSSR count). The van der Waals surface area contributed by atoms with Crippen molar-refractivity contribution >= 4 is 50.1 Å². The second-order valence-electron chi connectivity index (χ2n) is 4.66. The zero-order chi connectivity index (χ0) is 16.7. The summed E-state index contributed by atoms with van der Waals surface area (Å²) in [6.07, 6.45) is 1.91. The fourth-order valence-electron chi connectivity index (χ4n) is 1.77. The molecule has 124 valence electrons. The minimum Gasteiger partial charge on any atom is -0.483 e. The molecule has 0 saturated heterocycles. The van der Waals surface area contributed by atoms with Crippen molar-refractivity contribution in [3.63, 3.8) is 0 Å². The van der Waals surface area contributed by atoms with Crippen LogP contribution in [-0.4, -0.2) is 28.5 Å². The fourth-order valence-corrected chi connectivity index (χ4v) is 3.87. The van der Waals surface area contributed by atoms with Crippen LogP contribution in [0.2, 0.25) is 0 Å². The Bertz CT molecular complexity index is 664. The standard InChI is InChI=1S/C15H18BrN3O2S2/c1-3-7-22-15-19-18-14(23-15)17-13(20)9-21-12-6-5-11(16)8-10(12)4-2/h5-6,8H,3-4,7,9H2,1-2H3,(H,17,18,20). The summed E-state index contributed by atoms with van der Waals surface area (Å²) < 4.78 is 7.47. The number of thioether (sulfide) groups is 1. The van der Waals surface area contributed by atoms with Crippen LogP contribution in [-0.2, 0) is 11.2 Å². The van der Waals surface area contributed by atoms with Gasteiger partial charge < -0.3 is 4.74 Å². The highest BCUT2D eigenvalue weighted by atomic mass is 79.9. The number of hydrogen-bond donors (Lipinski definition) is 1. The Hall–Kier alpha value is -1.12. The number of anilines is 1. The smallest absolute Gasteiger partial charge is 0.264 e. The van der Waals surface area contributed by atoms with E-state index in [-0.39, 0.29) is 12.5 Å². The number of ether oxygens (including phenoxy) is 1. The number of carbonyl (C=O) groups is 1. The summed E-state index contributed by atoms with van der Waals surface area (Å²) in [5.41, 5.74) is 1.06. The topological polar surface area (TPSA) is 64.1 Å². The number of nitrogens with one attached hydrogen (secondary N) is 1. The maximum Gasteiger partial charge on any atom is 0.264 e. The second kappa shape index (κ2) is 9.24. The zero-order valence-corrected chi connectivity index (χ0v) is 16.2. The fraction of sp³-hybridized carbons (Fsp3) is 0.400. The molecule has 0 radical (unpaired) electrons. The van der Waals surface area contributed by atoms with Gasteiger partial charge in [0, 0.05) is 10.2 Å². The van der Waals surface area contributed by atoms with Crippen LogP contribution < -0.4 is 10.1 Å². The predicted molar refractivity (Wildman–Crippen MR) is 98.6 cm³/mol. The highest BCUT2D eigenvalue weighted by Gasteiger charge is 2.10. The Morgan fingerprint density at radius 3 is 2.96 bits per heavy atom. The van der Waals surface area contributed by atoms with Gasteiger partial charge in [0.2, 0.25) is 5.13 Å². The molecule has 0 atom stereocenters. The van der Waals surface area contributed by atoms with Gasteiger partial charge >= 0.3 is 0 Å². The molecule has 23 heavy (non-hydrogen) atoms. The van der Waals surface area contributed by atoms with Crippen LogP contribution in [0, 0.1) is 0 Å². The zero-order valence-electron chi connectivity index (χ0n) is 13.0. The number of hydrogen-bond acceptors (Lipinski definition) is 6. The van der Waals surface area contributed by atoms with E-state index in [4.69, 9.17) is 4.74 Å². The van der Waals surface area contributed by atoms with Gasteiger partial charge in [-0.15, -0.1) is 10.2 Å². The van der Waals surface area contributed by atoms with Gasteiger partial charge in [-0.05, 0) is 36.6 Å². The number of aryl methyl sites for hydroxylation is 1. The van der Waals surface area contributed by atoms with Gasteiger partial charge in [-0.3, -0.25) is 10.1 Å². The number of nitrogens with zero attached hydrogens (tertiary/aromatic N) is 2. The molecule has 0 aliphatic rings. The van der Waals surface area contributed by atoms with Crippen LogP contribution >= 0.6 is 39.0 Å². The molecule has 8 heteroatoms. The van der Waals surface area contributed by atoms with Gasteiger partial charge in [-0.25, -0.2) is 0 Å². The first kappa shape index (κ1) is 18.2. The molecule has 0 aliphatic heterocycles. The maximum atomic E-state index is 12.0. The van der Waals surface area contributed by atoms with Gasteiger partial charge in [0.05, 0.1) is 0 Å². The highest BCUT2D eigenvalue weighted by Crippen LogP contribution is 2.26. The van der Waals surface area contributed by atoms with Crippen LogP contribution in [0.4, 0.5) is 5.13 Å². The molecule has 2 aromatic rings. The van der Waals surface area contributed by atoms with Crippen molar-refractivity contribution in [2.45, 2.75) is 31.0 Å². The molecule has 1 aromatic carbocycles. The third-order valence-electron chi connectivity index (χ3n) is 2.84. The van der Waals surface area contributed by atoms with Crippen molar-refractivity contribution in [2.75, 3.05) is 17.7 Å². The third-order valence-corrected chi connectivity index (χ3v) is 5.52. The SMILES string of the molecule is CCCSc1nnc(NC(=O)COc2ccc(Br)cc2CC)s1. The van der Waals surface area contributed by atoms with E-state index in [2.05, 4.69) is 38.4 Å². The number of carbonyl (C=O) groups excluding carboxylic acids is 1. The lowest BCUT2D eigenvalue weighted by atomic mass is 10.1. The molecule has 1 aromatic heterocycles. The second-order valence-corrected chi connectivity index (χ2v) is 7.90. The molecule has 0 aliphatic carbocycles. The Balaban J connectivity index is 1.86. The summed E-state index contributed by atoms with van der Waals surface area (Å²) in [5, 5.41) is 11.2. The summed E-state index contributed by atoms with van der Waals surface area (Å²) in [6, 6.07) is 5.75. The minimum absolute atomic E-state index is 0.0500. The lowest BCUT2D eigenvalue weighted by molar-refractivity contribution is -0.118. The van der Waals surface area contributed by atoms with Crippen LogP contribution in [0.3, 0.4) is 0 Å². The molecule has 0 spiro atoms. The van der Waals surface area contributed by atoms with Crippen molar-refractivity contribution in [3.8, 4) is 5.75 Å². The monoisotopic (exact) mass is 415 g/mol.